The van der Waals surface area contributed by atoms with Gasteiger partial charge in [0.2, 0.25) is 0 Å². The van der Waals surface area contributed by atoms with Crippen LogP contribution in [-0.4, -0.2) is 47.9 Å². The van der Waals surface area contributed by atoms with E-state index in [1.807, 2.05) is 0 Å². The molecule has 1 atom stereocenters. The Labute approximate surface area is 181 Å². The van der Waals surface area contributed by atoms with Crippen LogP contribution >= 0.6 is 0 Å². The molecule has 0 rings (SSSR count). The van der Waals surface area contributed by atoms with Crippen molar-refractivity contribution < 1.29 is 20.1 Å². The topological polar surface area (TPSA) is 69.9 Å². The standard InChI is InChI=1S/C25H52O4/c1-23(2,3)16-12-8-7-11-15-22(25(19-26,20-27)21-28)29-18-14-10-9-13-17-24(4,5)6/h22,26-28H,7-21H2,1-6H3. The van der Waals surface area contributed by atoms with Gasteiger partial charge in [0.15, 0.2) is 0 Å². The summed E-state index contributed by atoms with van der Waals surface area (Å²) >= 11 is 0. The van der Waals surface area contributed by atoms with Crippen LogP contribution in [0, 0.1) is 16.2 Å². The number of unbranched alkanes of at least 4 members (excludes halogenated alkanes) is 6. The zero-order chi connectivity index (χ0) is 22.4. The molecular formula is C25H52O4. The fraction of sp³-hybridized carbons (Fsp3) is 1.00. The Morgan fingerprint density at radius 1 is 0.586 bits per heavy atom. The molecule has 0 aliphatic rings. The second-order valence-electron chi connectivity index (χ2n) is 11.4. The number of aliphatic hydroxyl groups is 3. The number of hydrogen-bond donors (Lipinski definition) is 3. The molecule has 0 amide bonds. The monoisotopic (exact) mass is 416 g/mol. The fourth-order valence-corrected chi connectivity index (χ4v) is 3.70. The van der Waals surface area contributed by atoms with E-state index in [9.17, 15) is 15.3 Å². The van der Waals surface area contributed by atoms with Crippen molar-refractivity contribution in [3.05, 3.63) is 0 Å². The molecule has 0 heterocycles. The Morgan fingerprint density at radius 2 is 1.00 bits per heavy atom. The average molecular weight is 417 g/mol. The van der Waals surface area contributed by atoms with Gasteiger partial charge < -0.3 is 20.1 Å². The van der Waals surface area contributed by atoms with E-state index in [1.165, 1.54) is 38.5 Å². The first-order valence-corrected chi connectivity index (χ1v) is 11.9. The van der Waals surface area contributed by atoms with Crippen molar-refractivity contribution in [3.8, 4) is 0 Å². The highest BCUT2D eigenvalue weighted by atomic mass is 16.5. The number of rotatable bonds is 17. The van der Waals surface area contributed by atoms with Crippen LogP contribution in [0.15, 0.2) is 0 Å². The third-order valence-corrected chi connectivity index (χ3v) is 5.91. The van der Waals surface area contributed by atoms with Crippen molar-refractivity contribution in [2.75, 3.05) is 26.4 Å². The summed E-state index contributed by atoms with van der Waals surface area (Å²) in [6.07, 6.45) is 12.1. The van der Waals surface area contributed by atoms with Crippen molar-refractivity contribution in [1.29, 1.82) is 0 Å². The number of hydrogen-bond acceptors (Lipinski definition) is 4. The lowest BCUT2D eigenvalue weighted by molar-refractivity contribution is -0.117. The zero-order valence-corrected chi connectivity index (χ0v) is 20.4. The lowest BCUT2D eigenvalue weighted by atomic mass is 9.81. The summed E-state index contributed by atoms with van der Waals surface area (Å²) in [6, 6.07) is 0. The molecule has 0 fully saturated rings. The predicted octanol–water partition coefficient (Wildman–Crippen LogP) is 5.72. The van der Waals surface area contributed by atoms with E-state index in [-0.39, 0.29) is 25.9 Å². The van der Waals surface area contributed by atoms with E-state index in [2.05, 4.69) is 41.5 Å². The lowest BCUT2D eigenvalue weighted by Crippen LogP contribution is -2.46. The molecule has 29 heavy (non-hydrogen) atoms. The van der Waals surface area contributed by atoms with Gasteiger partial charge in [-0.05, 0) is 36.5 Å². The summed E-state index contributed by atoms with van der Waals surface area (Å²) < 4.78 is 6.11. The van der Waals surface area contributed by atoms with Crippen LogP contribution in [0.3, 0.4) is 0 Å². The molecule has 176 valence electrons. The predicted molar refractivity (Wildman–Crippen MR) is 123 cm³/mol. The van der Waals surface area contributed by atoms with Crippen LogP contribution < -0.4 is 0 Å². The van der Waals surface area contributed by atoms with Crippen LogP contribution in [0.1, 0.15) is 112 Å². The summed E-state index contributed by atoms with van der Waals surface area (Å²) in [5.41, 5.74) is -0.159. The molecule has 1 unspecified atom stereocenters. The van der Waals surface area contributed by atoms with Crippen molar-refractivity contribution >= 4 is 0 Å². The Hall–Kier alpha value is -0.160. The van der Waals surface area contributed by atoms with E-state index in [0.717, 1.165) is 32.1 Å². The smallest absolute Gasteiger partial charge is 0.0697 e. The summed E-state index contributed by atoms with van der Waals surface area (Å²) in [6.45, 7) is 13.5. The third kappa shape index (κ3) is 14.5. The maximum atomic E-state index is 9.83. The van der Waals surface area contributed by atoms with Crippen LogP contribution in [0.4, 0.5) is 0 Å². The summed E-state index contributed by atoms with van der Waals surface area (Å²) in [7, 11) is 0. The van der Waals surface area contributed by atoms with Gasteiger partial charge in [-0.3, -0.25) is 0 Å². The molecule has 3 N–H and O–H groups in total. The zero-order valence-electron chi connectivity index (χ0n) is 20.4. The second kappa shape index (κ2) is 14.8. The SMILES string of the molecule is CC(C)(C)CCCCCCOC(CCCCCCC(C)(C)C)C(CO)(CO)CO. The van der Waals surface area contributed by atoms with Gasteiger partial charge in [0.05, 0.1) is 31.3 Å². The minimum Gasteiger partial charge on any atom is -0.396 e. The molecule has 0 saturated carbocycles. The van der Waals surface area contributed by atoms with Crippen molar-refractivity contribution in [2.45, 2.75) is 118 Å². The molecule has 0 aromatic rings. The quantitative estimate of drug-likeness (QED) is 0.265. The van der Waals surface area contributed by atoms with E-state index < -0.39 is 5.41 Å². The molecule has 0 saturated heterocycles. The molecule has 0 bridgehead atoms. The van der Waals surface area contributed by atoms with Gasteiger partial charge in [0, 0.05) is 6.61 Å². The Balaban J connectivity index is 4.32. The Morgan fingerprint density at radius 3 is 1.41 bits per heavy atom. The van der Waals surface area contributed by atoms with Gasteiger partial charge in [-0.2, -0.15) is 0 Å². The summed E-state index contributed by atoms with van der Waals surface area (Å²) in [4.78, 5) is 0. The molecule has 0 radical (unpaired) electrons. The van der Waals surface area contributed by atoms with Gasteiger partial charge in [0.25, 0.3) is 0 Å². The van der Waals surface area contributed by atoms with Crippen molar-refractivity contribution in [1.82, 2.24) is 0 Å². The summed E-state index contributed by atoms with van der Waals surface area (Å²) in [5.74, 6) is 0. The van der Waals surface area contributed by atoms with Crippen LogP contribution in [0.5, 0.6) is 0 Å². The highest BCUT2D eigenvalue weighted by Crippen LogP contribution is 2.29. The van der Waals surface area contributed by atoms with Crippen molar-refractivity contribution in [2.24, 2.45) is 16.2 Å². The van der Waals surface area contributed by atoms with E-state index in [4.69, 9.17) is 4.74 Å². The third-order valence-electron chi connectivity index (χ3n) is 5.91. The van der Waals surface area contributed by atoms with Crippen LogP contribution in [0.2, 0.25) is 0 Å². The van der Waals surface area contributed by atoms with Gasteiger partial charge in [-0.15, -0.1) is 0 Å². The first-order chi connectivity index (χ1) is 13.5. The van der Waals surface area contributed by atoms with Gasteiger partial charge >= 0.3 is 0 Å². The second-order valence-corrected chi connectivity index (χ2v) is 11.4. The number of aliphatic hydroxyl groups excluding tert-OH is 3. The van der Waals surface area contributed by atoms with Gasteiger partial charge in [0.1, 0.15) is 0 Å². The minimum absolute atomic E-state index is 0.250. The summed E-state index contributed by atoms with van der Waals surface area (Å²) in [5, 5.41) is 29.5. The van der Waals surface area contributed by atoms with Gasteiger partial charge in [-0.1, -0.05) is 86.5 Å². The molecule has 0 spiro atoms. The first-order valence-electron chi connectivity index (χ1n) is 11.9. The van der Waals surface area contributed by atoms with Crippen LogP contribution in [0.25, 0.3) is 0 Å². The Kier molecular flexibility index (Phi) is 14.7. The average Bonchev–Trinajstić information content (AvgIpc) is 2.62. The van der Waals surface area contributed by atoms with Crippen molar-refractivity contribution in [3.63, 3.8) is 0 Å². The van der Waals surface area contributed by atoms with Gasteiger partial charge in [-0.25, -0.2) is 0 Å². The fourth-order valence-electron chi connectivity index (χ4n) is 3.70. The maximum Gasteiger partial charge on any atom is 0.0697 e. The molecule has 0 aliphatic heterocycles. The first kappa shape index (κ1) is 28.8. The molecule has 4 nitrogen and oxygen atoms in total. The maximum absolute atomic E-state index is 9.83. The molecule has 4 heteroatoms. The lowest BCUT2D eigenvalue weighted by Gasteiger charge is -2.36. The van der Waals surface area contributed by atoms with Crippen LogP contribution in [-0.2, 0) is 4.74 Å². The molecule has 0 aromatic heterocycles. The highest BCUT2D eigenvalue weighted by molar-refractivity contribution is 4.86. The van der Waals surface area contributed by atoms with E-state index >= 15 is 0 Å². The highest BCUT2D eigenvalue weighted by Gasteiger charge is 2.38. The van der Waals surface area contributed by atoms with E-state index in [0.29, 0.717) is 17.4 Å². The normalized spacial score (nSPS) is 14.4. The molecule has 0 aliphatic carbocycles. The number of ether oxygens (including phenoxy) is 1. The molecular weight excluding hydrogens is 364 g/mol. The molecule has 0 aromatic carbocycles. The minimum atomic E-state index is -0.947. The Bertz CT molecular complexity index is 369. The van der Waals surface area contributed by atoms with E-state index in [1.54, 1.807) is 0 Å². The largest absolute Gasteiger partial charge is 0.396 e.